The molecule has 0 fully saturated rings. The predicted molar refractivity (Wildman–Crippen MR) is 72.7 cm³/mol. The molecule has 1 amide bonds. The Kier molecular flexibility index (Phi) is 4.35. The summed E-state index contributed by atoms with van der Waals surface area (Å²) in [6.07, 6.45) is -0.736. The monoisotopic (exact) mass is 276 g/mol. The molecule has 1 aromatic carbocycles. The van der Waals surface area contributed by atoms with Gasteiger partial charge in [-0.2, -0.15) is 5.26 Å². The van der Waals surface area contributed by atoms with Gasteiger partial charge < -0.3 is 9.84 Å². The van der Waals surface area contributed by atoms with Crippen LogP contribution in [0, 0.1) is 18.3 Å². The van der Waals surface area contributed by atoms with E-state index in [0.717, 1.165) is 0 Å². The molecule has 6 heteroatoms. The third kappa shape index (κ3) is 3.72. The molecule has 0 unspecified atom stereocenters. The molecular weight excluding hydrogens is 260 g/mol. The molecule has 0 aromatic heterocycles. The molecule has 0 bridgehead atoms. The SMILES string of the molecule is Cc1ccc(C(=O)O)c(C#N)c1NC(=O)OC(C)(C)C. The number of nitrogens with one attached hydrogen (secondary N) is 1. The number of nitriles is 1. The molecule has 1 aromatic rings. The van der Waals surface area contributed by atoms with Crippen LogP contribution in [0.1, 0.15) is 42.3 Å². The molecule has 0 spiro atoms. The van der Waals surface area contributed by atoms with Gasteiger partial charge in [0.25, 0.3) is 0 Å². The van der Waals surface area contributed by atoms with E-state index >= 15 is 0 Å². The minimum atomic E-state index is -1.23. The zero-order valence-corrected chi connectivity index (χ0v) is 11.8. The summed E-state index contributed by atoms with van der Waals surface area (Å²) < 4.78 is 5.09. The lowest BCUT2D eigenvalue weighted by Gasteiger charge is -2.20. The summed E-state index contributed by atoms with van der Waals surface area (Å²) in [5.74, 6) is -1.23. The minimum Gasteiger partial charge on any atom is -0.478 e. The Balaban J connectivity index is 3.18. The van der Waals surface area contributed by atoms with E-state index in [4.69, 9.17) is 15.1 Å². The lowest BCUT2D eigenvalue weighted by atomic mass is 10.0. The zero-order valence-electron chi connectivity index (χ0n) is 11.8. The van der Waals surface area contributed by atoms with Crippen molar-refractivity contribution in [1.82, 2.24) is 0 Å². The number of anilines is 1. The van der Waals surface area contributed by atoms with Gasteiger partial charge in [0.1, 0.15) is 11.7 Å². The van der Waals surface area contributed by atoms with Crippen LogP contribution in [0.4, 0.5) is 10.5 Å². The first-order valence-corrected chi connectivity index (χ1v) is 5.92. The largest absolute Gasteiger partial charge is 0.478 e. The van der Waals surface area contributed by atoms with E-state index < -0.39 is 17.7 Å². The van der Waals surface area contributed by atoms with Crippen molar-refractivity contribution in [2.24, 2.45) is 0 Å². The Morgan fingerprint density at radius 3 is 2.40 bits per heavy atom. The number of benzene rings is 1. The molecule has 0 aliphatic heterocycles. The standard InChI is InChI=1S/C14H16N2O4/c1-8-5-6-9(12(17)18)10(7-15)11(8)16-13(19)20-14(2,3)4/h5-6H,1-4H3,(H,16,19)(H,17,18). The van der Waals surface area contributed by atoms with Gasteiger partial charge in [0.15, 0.2) is 0 Å². The van der Waals surface area contributed by atoms with Gasteiger partial charge in [0, 0.05) is 0 Å². The van der Waals surface area contributed by atoms with Crippen LogP contribution in [0.5, 0.6) is 0 Å². The van der Waals surface area contributed by atoms with Gasteiger partial charge in [-0.25, -0.2) is 9.59 Å². The van der Waals surface area contributed by atoms with Crippen LogP contribution < -0.4 is 5.32 Å². The van der Waals surface area contributed by atoms with Crippen LogP contribution in [0.3, 0.4) is 0 Å². The van der Waals surface area contributed by atoms with Gasteiger partial charge in [0.2, 0.25) is 0 Å². The molecule has 0 aliphatic rings. The topological polar surface area (TPSA) is 99.4 Å². The number of amides is 1. The van der Waals surface area contributed by atoms with Crippen molar-refractivity contribution in [2.45, 2.75) is 33.3 Å². The average Bonchev–Trinajstić information content (AvgIpc) is 2.28. The number of aromatic carboxylic acids is 1. The number of carbonyl (C=O) groups excluding carboxylic acids is 1. The normalized spacial score (nSPS) is 10.6. The second-order valence-corrected chi connectivity index (χ2v) is 5.22. The fourth-order valence-corrected chi connectivity index (χ4v) is 1.57. The summed E-state index contributed by atoms with van der Waals surface area (Å²) in [4.78, 5) is 22.8. The number of carboxylic acids is 1. The van der Waals surface area contributed by atoms with Crippen molar-refractivity contribution in [3.63, 3.8) is 0 Å². The van der Waals surface area contributed by atoms with Crippen LogP contribution in [0.25, 0.3) is 0 Å². The first-order chi connectivity index (χ1) is 9.15. The first-order valence-electron chi connectivity index (χ1n) is 5.92. The highest BCUT2D eigenvalue weighted by Gasteiger charge is 2.21. The fraction of sp³-hybridized carbons (Fsp3) is 0.357. The summed E-state index contributed by atoms with van der Waals surface area (Å²) in [6.45, 7) is 6.79. The number of aryl methyl sites for hydroxylation is 1. The lowest BCUT2D eigenvalue weighted by Crippen LogP contribution is -2.28. The molecule has 106 valence electrons. The first kappa shape index (κ1) is 15.5. The van der Waals surface area contributed by atoms with Crippen LogP contribution in [-0.4, -0.2) is 22.8 Å². The molecule has 0 saturated carbocycles. The number of nitrogens with zero attached hydrogens (tertiary/aromatic N) is 1. The highest BCUT2D eigenvalue weighted by atomic mass is 16.6. The minimum absolute atomic E-state index is 0.0941. The second kappa shape index (κ2) is 5.61. The highest BCUT2D eigenvalue weighted by Crippen LogP contribution is 2.24. The van der Waals surface area contributed by atoms with Crippen LogP contribution >= 0.6 is 0 Å². The molecule has 2 N–H and O–H groups in total. The van der Waals surface area contributed by atoms with Crippen LogP contribution in [-0.2, 0) is 4.74 Å². The molecular formula is C14H16N2O4. The van der Waals surface area contributed by atoms with E-state index in [2.05, 4.69) is 5.32 Å². The quantitative estimate of drug-likeness (QED) is 0.865. The summed E-state index contributed by atoms with van der Waals surface area (Å²) in [5, 5.41) is 20.6. The number of ether oxygens (including phenoxy) is 1. The van der Waals surface area contributed by atoms with E-state index in [-0.39, 0.29) is 16.8 Å². The smallest absolute Gasteiger partial charge is 0.412 e. The van der Waals surface area contributed by atoms with Crippen LogP contribution in [0.2, 0.25) is 0 Å². The van der Waals surface area contributed by atoms with Crippen molar-refractivity contribution >= 4 is 17.7 Å². The molecule has 1 rings (SSSR count). The maximum Gasteiger partial charge on any atom is 0.412 e. The van der Waals surface area contributed by atoms with E-state index in [1.54, 1.807) is 33.8 Å². The fourth-order valence-electron chi connectivity index (χ4n) is 1.57. The summed E-state index contributed by atoms with van der Waals surface area (Å²) in [7, 11) is 0. The molecule has 0 atom stereocenters. The third-order valence-electron chi connectivity index (χ3n) is 2.38. The molecule has 20 heavy (non-hydrogen) atoms. The van der Waals surface area contributed by atoms with Crippen molar-refractivity contribution < 1.29 is 19.4 Å². The average molecular weight is 276 g/mol. The number of rotatable bonds is 2. The van der Waals surface area contributed by atoms with Gasteiger partial charge in [-0.3, -0.25) is 5.32 Å². The van der Waals surface area contributed by atoms with E-state index in [1.807, 2.05) is 0 Å². The zero-order chi connectivity index (χ0) is 15.5. The Hall–Kier alpha value is -2.55. The molecule has 0 saturated heterocycles. The van der Waals surface area contributed by atoms with E-state index in [9.17, 15) is 9.59 Å². The third-order valence-corrected chi connectivity index (χ3v) is 2.38. The summed E-state index contributed by atoms with van der Waals surface area (Å²) in [5.41, 5.74) is -0.207. The van der Waals surface area contributed by atoms with Crippen molar-refractivity contribution in [3.8, 4) is 6.07 Å². The molecule has 0 radical (unpaired) electrons. The predicted octanol–water partition coefficient (Wildman–Crippen LogP) is 2.91. The van der Waals surface area contributed by atoms with Gasteiger partial charge in [-0.05, 0) is 39.3 Å². The number of carbonyl (C=O) groups is 2. The maximum atomic E-state index is 11.7. The lowest BCUT2D eigenvalue weighted by molar-refractivity contribution is 0.0632. The highest BCUT2D eigenvalue weighted by molar-refractivity contribution is 5.96. The van der Waals surface area contributed by atoms with Gasteiger partial charge in [-0.15, -0.1) is 0 Å². The second-order valence-electron chi connectivity index (χ2n) is 5.22. The molecule has 6 nitrogen and oxygen atoms in total. The number of hydrogen-bond acceptors (Lipinski definition) is 4. The van der Waals surface area contributed by atoms with Gasteiger partial charge >= 0.3 is 12.1 Å². The number of hydrogen-bond donors (Lipinski definition) is 2. The Morgan fingerprint density at radius 1 is 1.35 bits per heavy atom. The van der Waals surface area contributed by atoms with E-state index in [1.165, 1.54) is 12.1 Å². The van der Waals surface area contributed by atoms with Crippen molar-refractivity contribution in [2.75, 3.05) is 5.32 Å². The van der Waals surface area contributed by atoms with E-state index in [0.29, 0.717) is 5.56 Å². The summed E-state index contributed by atoms with van der Waals surface area (Å²) >= 11 is 0. The Bertz CT molecular complexity index is 594. The summed E-state index contributed by atoms with van der Waals surface area (Å²) in [6, 6.07) is 4.66. The van der Waals surface area contributed by atoms with Crippen LogP contribution in [0.15, 0.2) is 12.1 Å². The van der Waals surface area contributed by atoms with Gasteiger partial charge in [0.05, 0.1) is 16.8 Å². The van der Waals surface area contributed by atoms with Crippen molar-refractivity contribution in [1.29, 1.82) is 5.26 Å². The van der Waals surface area contributed by atoms with Gasteiger partial charge in [-0.1, -0.05) is 6.07 Å². The Labute approximate surface area is 117 Å². The van der Waals surface area contributed by atoms with Crippen molar-refractivity contribution in [3.05, 3.63) is 28.8 Å². The maximum absolute atomic E-state index is 11.7. The Morgan fingerprint density at radius 2 is 1.95 bits per heavy atom. The molecule has 0 aliphatic carbocycles. The molecule has 0 heterocycles. The number of carboxylic acid groups (broad SMARTS) is 1.